The number of carbonyl (C=O) groups is 1. The Morgan fingerprint density at radius 3 is 2.70 bits per heavy atom. The van der Waals surface area contributed by atoms with Gasteiger partial charge in [-0.25, -0.2) is 9.97 Å². The number of aryl methyl sites for hydroxylation is 2. The van der Waals surface area contributed by atoms with E-state index in [0.29, 0.717) is 19.1 Å². The molecule has 3 rings (SSSR count). The normalized spacial score (nSPS) is 15.2. The van der Waals surface area contributed by atoms with Gasteiger partial charge in [0.2, 0.25) is 0 Å². The van der Waals surface area contributed by atoms with Crippen LogP contribution >= 0.6 is 15.9 Å². The Morgan fingerprint density at radius 1 is 1.30 bits per heavy atom. The van der Waals surface area contributed by atoms with Crippen LogP contribution in [0.15, 0.2) is 28.9 Å². The number of carbonyl (C=O) groups excluding carboxylic acids is 1. The van der Waals surface area contributed by atoms with Crippen molar-refractivity contribution in [1.29, 1.82) is 0 Å². The number of benzene rings is 1. The molecule has 1 aromatic heterocycles. The summed E-state index contributed by atoms with van der Waals surface area (Å²) >= 11 is 3.49. The molecule has 1 fully saturated rings. The number of hydrogen-bond acceptors (Lipinski definition) is 4. The van der Waals surface area contributed by atoms with Crippen molar-refractivity contribution in [3.63, 3.8) is 0 Å². The van der Waals surface area contributed by atoms with Crippen LogP contribution in [0.4, 0.5) is 0 Å². The zero-order chi connectivity index (χ0) is 19.4. The van der Waals surface area contributed by atoms with Gasteiger partial charge >= 0.3 is 0 Å². The zero-order valence-electron chi connectivity index (χ0n) is 16.2. The molecule has 0 spiro atoms. The minimum absolute atomic E-state index is 0.109. The van der Waals surface area contributed by atoms with Crippen molar-refractivity contribution in [2.45, 2.75) is 46.1 Å². The third-order valence-electron chi connectivity index (χ3n) is 5.05. The van der Waals surface area contributed by atoms with Crippen LogP contribution in [-0.2, 0) is 11.3 Å². The van der Waals surface area contributed by atoms with Crippen LogP contribution < -0.4 is 0 Å². The molecule has 2 heterocycles. The maximum atomic E-state index is 12.8. The van der Waals surface area contributed by atoms with Crippen molar-refractivity contribution in [3.8, 4) is 0 Å². The molecule has 27 heavy (non-hydrogen) atoms. The van der Waals surface area contributed by atoms with E-state index in [1.54, 1.807) is 0 Å². The predicted molar refractivity (Wildman–Crippen MR) is 109 cm³/mol. The molecule has 2 aromatic rings. The maximum absolute atomic E-state index is 12.8. The Balaban J connectivity index is 1.69. The highest BCUT2D eigenvalue weighted by molar-refractivity contribution is 9.10. The first kappa shape index (κ1) is 20.0. The summed E-state index contributed by atoms with van der Waals surface area (Å²) in [5.41, 5.74) is 3.98. The molecular formula is C21H26BrN3O2. The molecule has 1 aliphatic rings. The largest absolute Gasteiger partial charge is 0.377 e. The van der Waals surface area contributed by atoms with E-state index >= 15 is 0 Å². The fourth-order valence-electron chi connectivity index (χ4n) is 3.51. The summed E-state index contributed by atoms with van der Waals surface area (Å²) in [6.45, 7) is 8.62. The van der Waals surface area contributed by atoms with Gasteiger partial charge in [-0.05, 0) is 57.4 Å². The molecule has 1 aliphatic heterocycles. The smallest absolute Gasteiger partial charge is 0.253 e. The molecule has 1 saturated heterocycles. The lowest BCUT2D eigenvalue weighted by Crippen LogP contribution is -2.38. The number of hydrogen-bond donors (Lipinski definition) is 0. The SMILES string of the molecule is CCOCc1cnc(C)nc1C1CCN(C(=O)c2ccc(Br)c(C)c2)CC1. The first-order chi connectivity index (χ1) is 13.0. The van der Waals surface area contributed by atoms with Crippen LogP contribution in [-0.4, -0.2) is 40.5 Å². The summed E-state index contributed by atoms with van der Waals surface area (Å²) in [7, 11) is 0. The highest BCUT2D eigenvalue weighted by Gasteiger charge is 2.27. The molecule has 6 heteroatoms. The number of nitrogens with zero attached hydrogens (tertiary/aromatic N) is 3. The Kier molecular flexibility index (Phi) is 6.60. The van der Waals surface area contributed by atoms with Gasteiger partial charge in [0.15, 0.2) is 0 Å². The van der Waals surface area contributed by atoms with E-state index in [1.807, 2.05) is 50.1 Å². The van der Waals surface area contributed by atoms with E-state index in [2.05, 4.69) is 20.9 Å². The van der Waals surface area contributed by atoms with E-state index in [4.69, 9.17) is 9.72 Å². The van der Waals surface area contributed by atoms with Gasteiger partial charge in [0.05, 0.1) is 12.3 Å². The second-order valence-corrected chi connectivity index (χ2v) is 7.85. The van der Waals surface area contributed by atoms with Crippen LogP contribution in [0.3, 0.4) is 0 Å². The highest BCUT2D eigenvalue weighted by atomic mass is 79.9. The maximum Gasteiger partial charge on any atom is 0.253 e. The van der Waals surface area contributed by atoms with Crippen molar-refractivity contribution < 1.29 is 9.53 Å². The lowest BCUT2D eigenvalue weighted by atomic mass is 9.90. The van der Waals surface area contributed by atoms with E-state index < -0.39 is 0 Å². The predicted octanol–water partition coefficient (Wildman–Crippen LogP) is 4.41. The van der Waals surface area contributed by atoms with Gasteiger partial charge in [0.1, 0.15) is 5.82 Å². The van der Waals surface area contributed by atoms with Crippen LogP contribution in [0.5, 0.6) is 0 Å². The molecule has 1 amide bonds. The number of halogens is 1. The zero-order valence-corrected chi connectivity index (χ0v) is 17.8. The fourth-order valence-corrected chi connectivity index (χ4v) is 3.75. The summed E-state index contributed by atoms with van der Waals surface area (Å²) in [5, 5.41) is 0. The Morgan fingerprint density at radius 2 is 2.04 bits per heavy atom. The number of amides is 1. The van der Waals surface area contributed by atoms with E-state index in [9.17, 15) is 4.79 Å². The van der Waals surface area contributed by atoms with Gasteiger partial charge in [-0.3, -0.25) is 4.79 Å². The lowest BCUT2D eigenvalue weighted by Gasteiger charge is -2.32. The molecule has 0 saturated carbocycles. The van der Waals surface area contributed by atoms with Crippen molar-refractivity contribution >= 4 is 21.8 Å². The van der Waals surface area contributed by atoms with Crippen molar-refractivity contribution in [3.05, 3.63) is 57.1 Å². The van der Waals surface area contributed by atoms with Crippen LogP contribution in [0, 0.1) is 13.8 Å². The topological polar surface area (TPSA) is 55.3 Å². The molecule has 0 unspecified atom stereocenters. The molecule has 0 radical (unpaired) electrons. The molecule has 0 N–H and O–H groups in total. The van der Waals surface area contributed by atoms with Gasteiger partial charge in [-0.1, -0.05) is 15.9 Å². The molecule has 0 bridgehead atoms. The average molecular weight is 432 g/mol. The van der Waals surface area contributed by atoms with Gasteiger partial charge in [0, 0.05) is 47.4 Å². The quantitative estimate of drug-likeness (QED) is 0.703. The first-order valence-corrected chi connectivity index (χ1v) is 10.2. The molecule has 0 aliphatic carbocycles. The first-order valence-electron chi connectivity index (χ1n) is 9.45. The average Bonchev–Trinajstić information content (AvgIpc) is 2.68. The second-order valence-electron chi connectivity index (χ2n) is 7.00. The Labute approximate surface area is 169 Å². The van der Waals surface area contributed by atoms with E-state index in [0.717, 1.165) is 58.6 Å². The summed E-state index contributed by atoms with van der Waals surface area (Å²) in [5.74, 6) is 1.24. The summed E-state index contributed by atoms with van der Waals surface area (Å²) in [4.78, 5) is 23.8. The molecule has 5 nitrogen and oxygen atoms in total. The van der Waals surface area contributed by atoms with Crippen LogP contribution in [0.1, 0.15) is 58.7 Å². The Hall–Kier alpha value is -1.79. The summed E-state index contributed by atoms with van der Waals surface area (Å²) < 4.78 is 6.61. The molecule has 1 aromatic carbocycles. The highest BCUT2D eigenvalue weighted by Crippen LogP contribution is 2.30. The second kappa shape index (κ2) is 8.93. The van der Waals surface area contributed by atoms with Crippen molar-refractivity contribution in [1.82, 2.24) is 14.9 Å². The summed E-state index contributed by atoms with van der Waals surface area (Å²) in [6, 6.07) is 5.78. The number of rotatable bonds is 5. The van der Waals surface area contributed by atoms with E-state index in [1.165, 1.54) is 0 Å². The summed E-state index contributed by atoms with van der Waals surface area (Å²) in [6.07, 6.45) is 3.71. The lowest BCUT2D eigenvalue weighted by molar-refractivity contribution is 0.0710. The molecule has 0 atom stereocenters. The monoisotopic (exact) mass is 431 g/mol. The molecular weight excluding hydrogens is 406 g/mol. The molecule has 144 valence electrons. The van der Waals surface area contributed by atoms with Gasteiger partial charge in [-0.15, -0.1) is 0 Å². The minimum Gasteiger partial charge on any atom is -0.377 e. The number of ether oxygens (including phenoxy) is 1. The van der Waals surface area contributed by atoms with Gasteiger partial charge < -0.3 is 9.64 Å². The standard InChI is InChI=1S/C21H26BrN3O2/c1-4-27-13-18-12-23-15(3)24-20(18)16-7-9-25(10-8-16)21(26)17-5-6-19(22)14(2)11-17/h5-6,11-12,16H,4,7-10,13H2,1-3H3. The number of piperidine rings is 1. The van der Waals surface area contributed by atoms with E-state index in [-0.39, 0.29) is 5.91 Å². The number of likely N-dealkylation sites (tertiary alicyclic amines) is 1. The third-order valence-corrected chi connectivity index (χ3v) is 5.94. The minimum atomic E-state index is 0.109. The fraction of sp³-hybridized carbons (Fsp3) is 0.476. The van der Waals surface area contributed by atoms with Gasteiger partial charge in [-0.2, -0.15) is 0 Å². The van der Waals surface area contributed by atoms with Gasteiger partial charge in [0.25, 0.3) is 5.91 Å². The van der Waals surface area contributed by atoms with Crippen LogP contribution in [0.25, 0.3) is 0 Å². The third kappa shape index (κ3) is 4.74. The van der Waals surface area contributed by atoms with Crippen LogP contribution in [0.2, 0.25) is 0 Å². The van der Waals surface area contributed by atoms with Crippen molar-refractivity contribution in [2.24, 2.45) is 0 Å². The number of aromatic nitrogens is 2. The van der Waals surface area contributed by atoms with Crippen molar-refractivity contribution in [2.75, 3.05) is 19.7 Å². The Bertz CT molecular complexity index is 817.